The highest BCUT2D eigenvalue weighted by Crippen LogP contribution is 2.56. The van der Waals surface area contributed by atoms with E-state index in [4.69, 9.17) is 4.74 Å². The molecule has 0 aromatic heterocycles. The van der Waals surface area contributed by atoms with E-state index in [0.29, 0.717) is 12.5 Å². The van der Waals surface area contributed by atoms with Gasteiger partial charge in [-0.2, -0.15) is 0 Å². The third-order valence-electron chi connectivity index (χ3n) is 3.01. The van der Waals surface area contributed by atoms with Crippen LogP contribution in [0.3, 0.4) is 0 Å². The number of methoxy groups -OCH3 is 1. The highest BCUT2D eigenvalue weighted by atomic mass is 127. The number of hydrogen-bond donors (Lipinski definition) is 0. The molecule has 2 aliphatic rings. The third kappa shape index (κ3) is 1.09. The van der Waals surface area contributed by atoms with Crippen LogP contribution in [0.15, 0.2) is 0 Å². The van der Waals surface area contributed by atoms with Crippen LogP contribution in [0.5, 0.6) is 0 Å². The van der Waals surface area contributed by atoms with Crippen molar-refractivity contribution in [2.24, 2.45) is 5.92 Å². The summed E-state index contributed by atoms with van der Waals surface area (Å²) in [6.07, 6.45) is 1.72. The maximum absolute atomic E-state index is 11.5. The Morgan fingerprint density at radius 3 is 2.77 bits per heavy atom. The number of esters is 1. The summed E-state index contributed by atoms with van der Waals surface area (Å²) in [6, 6.07) is 0. The Morgan fingerprint density at radius 1 is 1.62 bits per heavy atom. The van der Waals surface area contributed by atoms with Gasteiger partial charge < -0.3 is 9.64 Å². The molecule has 1 aliphatic carbocycles. The average Bonchev–Trinajstić information content (AvgIpc) is 2.71. The van der Waals surface area contributed by atoms with Crippen LogP contribution in [-0.4, -0.2) is 34.0 Å². The highest BCUT2D eigenvalue weighted by molar-refractivity contribution is 14.1. The van der Waals surface area contributed by atoms with E-state index in [1.54, 1.807) is 27.5 Å². The van der Waals surface area contributed by atoms with Gasteiger partial charge in [-0.15, -0.1) is 0 Å². The minimum absolute atomic E-state index is 0.0528. The molecule has 2 rings (SSSR count). The molecule has 0 radical (unpaired) electrons. The molecule has 72 valence electrons. The normalized spacial score (nSPS) is 35.5. The summed E-state index contributed by atoms with van der Waals surface area (Å²) in [6.45, 7) is 0.696. The van der Waals surface area contributed by atoms with Crippen LogP contribution in [-0.2, 0) is 9.53 Å². The molecule has 0 spiro atoms. The summed E-state index contributed by atoms with van der Waals surface area (Å²) in [5.41, 5.74) is -0.576. The van der Waals surface area contributed by atoms with Gasteiger partial charge in [0.1, 0.15) is 5.54 Å². The molecule has 1 heterocycles. The summed E-state index contributed by atoms with van der Waals surface area (Å²) in [5, 5.41) is 0. The Morgan fingerprint density at radius 2 is 2.31 bits per heavy atom. The molecular weight excluding hydrogens is 285 g/mol. The summed E-state index contributed by atoms with van der Waals surface area (Å²) in [4.78, 5) is 24.3. The first-order valence-corrected chi connectivity index (χ1v) is 5.26. The van der Waals surface area contributed by atoms with Gasteiger partial charge in [0.15, 0.2) is 0 Å². The van der Waals surface area contributed by atoms with Crippen molar-refractivity contribution < 1.29 is 14.3 Å². The van der Waals surface area contributed by atoms with Crippen molar-refractivity contribution in [3.63, 3.8) is 0 Å². The van der Waals surface area contributed by atoms with Crippen LogP contribution in [0.2, 0.25) is 0 Å². The van der Waals surface area contributed by atoms with Crippen LogP contribution >= 0.6 is 22.6 Å². The number of carbonyl (C=O) groups is 2. The van der Waals surface area contributed by atoms with Gasteiger partial charge in [0.25, 0.3) is 3.91 Å². The van der Waals surface area contributed by atoms with Gasteiger partial charge in [-0.1, -0.05) is 0 Å². The fourth-order valence-electron chi connectivity index (χ4n) is 2.25. The quantitative estimate of drug-likeness (QED) is 0.316. The number of piperidine rings is 1. The largest absolute Gasteiger partial charge is 0.467 e. The van der Waals surface area contributed by atoms with E-state index in [2.05, 4.69) is 0 Å². The lowest BCUT2D eigenvalue weighted by molar-refractivity contribution is -0.146. The Bertz CT molecular complexity index is 281. The number of fused-ring (bicyclic) bond motifs is 1. The molecule has 2 fully saturated rings. The van der Waals surface area contributed by atoms with Crippen molar-refractivity contribution in [3.8, 4) is 0 Å². The van der Waals surface area contributed by atoms with E-state index >= 15 is 0 Å². The third-order valence-corrected chi connectivity index (χ3v) is 3.59. The molecule has 0 bridgehead atoms. The number of carbonyl (C=O) groups excluding carboxylic acids is 2. The maximum Gasteiger partial charge on any atom is 0.332 e. The number of rotatable bonds is 1. The van der Waals surface area contributed by atoms with E-state index < -0.39 is 5.54 Å². The molecule has 1 saturated heterocycles. The van der Waals surface area contributed by atoms with Crippen LogP contribution in [0.1, 0.15) is 12.8 Å². The van der Waals surface area contributed by atoms with Gasteiger partial charge in [0.05, 0.1) is 7.11 Å². The van der Waals surface area contributed by atoms with E-state index in [9.17, 15) is 9.59 Å². The summed E-state index contributed by atoms with van der Waals surface area (Å²) < 4.78 is 4.67. The standard InChI is InChI=1S/C8H10INO3/c1-13-6(11)8-4-5(8)2-3-10(8)7(9)12/h5H,2-4H2,1H3. The molecule has 0 N–H and O–H groups in total. The molecule has 2 atom stereocenters. The van der Waals surface area contributed by atoms with E-state index in [-0.39, 0.29) is 9.88 Å². The lowest BCUT2D eigenvalue weighted by atomic mass is 10.2. The molecule has 1 amide bonds. The number of hydrogen-bond acceptors (Lipinski definition) is 3. The first kappa shape index (κ1) is 9.23. The van der Waals surface area contributed by atoms with Crippen LogP contribution in [0.25, 0.3) is 0 Å². The lowest BCUT2D eigenvalue weighted by Crippen LogP contribution is -2.43. The zero-order valence-electron chi connectivity index (χ0n) is 7.25. The van der Waals surface area contributed by atoms with E-state index in [0.717, 1.165) is 12.8 Å². The minimum Gasteiger partial charge on any atom is -0.467 e. The molecule has 4 nitrogen and oxygen atoms in total. The first-order valence-electron chi connectivity index (χ1n) is 4.18. The molecule has 13 heavy (non-hydrogen) atoms. The predicted octanol–water partition coefficient (Wildman–Crippen LogP) is 1.18. The monoisotopic (exact) mass is 295 g/mol. The fourth-order valence-corrected chi connectivity index (χ4v) is 2.93. The lowest BCUT2D eigenvalue weighted by Gasteiger charge is -2.23. The molecule has 0 aromatic carbocycles. The fraction of sp³-hybridized carbons (Fsp3) is 0.750. The van der Waals surface area contributed by atoms with Gasteiger partial charge in [-0.3, -0.25) is 4.79 Å². The van der Waals surface area contributed by atoms with Crippen LogP contribution in [0.4, 0.5) is 4.79 Å². The number of ether oxygens (including phenoxy) is 1. The van der Waals surface area contributed by atoms with Gasteiger partial charge in [0.2, 0.25) is 0 Å². The Balaban J connectivity index is 2.23. The van der Waals surface area contributed by atoms with E-state index in [1.165, 1.54) is 7.11 Å². The van der Waals surface area contributed by atoms with Gasteiger partial charge in [-0.05, 0) is 18.8 Å². The molecule has 0 aromatic rings. The zero-order valence-corrected chi connectivity index (χ0v) is 9.41. The van der Waals surface area contributed by atoms with Crippen molar-refractivity contribution >= 4 is 32.5 Å². The predicted molar refractivity (Wildman–Crippen MR) is 53.6 cm³/mol. The van der Waals surface area contributed by atoms with Crippen LogP contribution < -0.4 is 0 Å². The number of nitrogens with zero attached hydrogens (tertiary/aromatic N) is 1. The Hall–Kier alpha value is -0.330. The topological polar surface area (TPSA) is 46.6 Å². The average molecular weight is 295 g/mol. The minimum atomic E-state index is -0.576. The molecule has 1 saturated carbocycles. The highest BCUT2D eigenvalue weighted by Gasteiger charge is 2.69. The summed E-state index contributed by atoms with van der Waals surface area (Å²) in [5.74, 6) is 0.0960. The second-order valence-corrected chi connectivity index (χ2v) is 4.43. The molecule has 2 unspecified atom stereocenters. The Kier molecular flexibility index (Phi) is 2.01. The van der Waals surface area contributed by atoms with Gasteiger partial charge >= 0.3 is 5.97 Å². The van der Waals surface area contributed by atoms with Crippen molar-refractivity contribution in [1.29, 1.82) is 0 Å². The maximum atomic E-state index is 11.5. The summed E-state index contributed by atoms with van der Waals surface area (Å²) >= 11 is 1.73. The van der Waals surface area contributed by atoms with Crippen LogP contribution in [0, 0.1) is 5.92 Å². The van der Waals surface area contributed by atoms with Crippen molar-refractivity contribution in [1.82, 2.24) is 4.90 Å². The first-order chi connectivity index (χ1) is 6.13. The molecule has 1 aliphatic heterocycles. The number of likely N-dealkylation sites (tertiary alicyclic amines) is 1. The number of amides is 1. The van der Waals surface area contributed by atoms with Crippen molar-refractivity contribution in [2.45, 2.75) is 18.4 Å². The van der Waals surface area contributed by atoms with E-state index in [1.807, 2.05) is 0 Å². The summed E-state index contributed by atoms with van der Waals surface area (Å²) in [7, 11) is 1.38. The second-order valence-electron chi connectivity index (χ2n) is 3.51. The molecular formula is C8H10INO3. The smallest absolute Gasteiger partial charge is 0.332 e. The number of halogens is 1. The SMILES string of the molecule is COC(=O)C12CC1CCN2C(=O)I. The van der Waals surface area contributed by atoms with Crippen molar-refractivity contribution in [2.75, 3.05) is 13.7 Å². The van der Waals surface area contributed by atoms with Crippen molar-refractivity contribution in [3.05, 3.63) is 0 Å². The second kappa shape index (κ2) is 2.83. The van der Waals surface area contributed by atoms with Gasteiger partial charge in [-0.25, -0.2) is 4.79 Å². The Labute approximate surface area is 89.7 Å². The van der Waals surface area contributed by atoms with Gasteiger partial charge in [0, 0.05) is 29.1 Å². The zero-order chi connectivity index (χ0) is 9.64. The molecule has 5 heteroatoms.